The number of hydrogen-bond acceptors (Lipinski definition) is 5. The molecule has 8 nitrogen and oxygen atoms in total. The van der Waals surface area contributed by atoms with Gasteiger partial charge in [0.25, 0.3) is 0 Å². The van der Waals surface area contributed by atoms with Gasteiger partial charge in [-0.3, -0.25) is 14.5 Å². The van der Waals surface area contributed by atoms with Crippen molar-refractivity contribution in [2.45, 2.75) is 45.8 Å². The molecular weight excluding hydrogens is 326 g/mol. The summed E-state index contributed by atoms with van der Waals surface area (Å²) in [6.45, 7) is 10.2. The summed E-state index contributed by atoms with van der Waals surface area (Å²) in [6, 6.07) is -0.0310. The fourth-order valence-electron chi connectivity index (χ4n) is 3.39. The standard InChI is InChI=1S/C17H29N3O5/c1-12(21)18-5-7-19(8-6-18)14-9-13(15(22)23)10-20(11-14)16(24)25-17(2,3)4/h13-14H,5-11H2,1-4H3,(H,22,23)/t13-,14-/m0/s1. The van der Waals surface area contributed by atoms with Crippen LogP contribution in [0.3, 0.4) is 0 Å². The van der Waals surface area contributed by atoms with E-state index in [2.05, 4.69) is 4.90 Å². The van der Waals surface area contributed by atoms with Gasteiger partial charge < -0.3 is 19.6 Å². The molecule has 25 heavy (non-hydrogen) atoms. The number of piperazine rings is 1. The van der Waals surface area contributed by atoms with Gasteiger partial charge >= 0.3 is 12.1 Å². The molecule has 2 atom stereocenters. The highest BCUT2D eigenvalue weighted by molar-refractivity contribution is 5.74. The maximum atomic E-state index is 12.4. The predicted octanol–water partition coefficient (Wildman–Crippen LogP) is 0.861. The van der Waals surface area contributed by atoms with E-state index in [0.29, 0.717) is 39.1 Å². The second kappa shape index (κ2) is 7.59. The van der Waals surface area contributed by atoms with Crippen molar-refractivity contribution in [1.29, 1.82) is 0 Å². The lowest BCUT2D eigenvalue weighted by Gasteiger charge is -2.44. The van der Waals surface area contributed by atoms with Gasteiger partial charge in [0.1, 0.15) is 5.60 Å². The minimum atomic E-state index is -0.888. The zero-order valence-electron chi connectivity index (χ0n) is 15.5. The summed E-state index contributed by atoms with van der Waals surface area (Å²) in [6.07, 6.45) is 0.0418. The van der Waals surface area contributed by atoms with Gasteiger partial charge in [-0.15, -0.1) is 0 Å². The molecule has 1 N–H and O–H groups in total. The molecule has 0 aliphatic carbocycles. The second-order valence-electron chi connectivity index (χ2n) is 7.85. The molecule has 0 saturated carbocycles. The third kappa shape index (κ3) is 5.32. The zero-order chi connectivity index (χ0) is 18.8. The summed E-state index contributed by atoms with van der Waals surface area (Å²) in [5.41, 5.74) is -0.615. The van der Waals surface area contributed by atoms with Gasteiger partial charge in [-0.05, 0) is 27.2 Å². The van der Waals surface area contributed by atoms with Crippen LogP contribution in [0.2, 0.25) is 0 Å². The van der Waals surface area contributed by atoms with Crippen molar-refractivity contribution in [3.63, 3.8) is 0 Å². The number of amides is 2. The Morgan fingerprint density at radius 2 is 1.60 bits per heavy atom. The number of carboxylic acids is 1. The van der Waals surface area contributed by atoms with Crippen molar-refractivity contribution in [2.24, 2.45) is 5.92 Å². The lowest BCUT2D eigenvalue weighted by molar-refractivity contribution is -0.144. The maximum Gasteiger partial charge on any atom is 0.410 e. The van der Waals surface area contributed by atoms with Crippen molar-refractivity contribution in [3.8, 4) is 0 Å². The molecule has 2 saturated heterocycles. The molecular formula is C17H29N3O5. The van der Waals surface area contributed by atoms with Crippen LogP contribution >= 0.6 is 0 Å². The quantitative estimate of drug-likeness (QED) is 0.790. The largest absolute Gasteiger partial charge is 0.481 e. The van der Waals surface area contributed by atoms with Crippen LogP contribution in [-0.2, 0) is 14.3 Å². The summed E-state index contributed by atoms with van der Waals surface area (Å²) < 4.78 is 5.41. The first-order valence-electron chi connectivity index (χ1n) is 8.77. The molecule has 0 aromatic rings. The van der Waals surface area contributed by atoms with Crippen LogP contribution in [0, 0.1) is 5.92 Å². The van der Waals surface area contributed by atoms with Crippen molar-refractivity contribution in [1.82, 2.24) is 14.7 Å². The number of hydrogen-bond donors (Lipinski definition) is 1. The molecule has 0 aromatic heterocycles. The van der Waals surface area contributed by atoms with Crippen molar-refractivity contribution >= 4 is 18.0 Å². The van der Waals surface area contributed by atoms with Gasteiger partial charge in [-0.1, -0.05) is 0 Å². The number of ether oxygens (including phenoxy) is 1. The first-order chi connectivity index (χ1) is 11.6. The van der Waals surface area contributed by atoms with Crippen LogP contribution in [0.4, 0.5) is 4.79 Å². The Balaban J connectivity index is 2.04. The molecule has 2 aliphatic heterocycles. The predicted molar refractivity (Wildman–Crippen MR) is 91.2 cm³/mol. The van der Waals surface area contributed by atoms with Gasteiger partial charge in [-0.25, -0.2) is 4.79 Å². The summed E-state index contributed by atoms with van der Waals surface area (Å²) >= 11 is 0. The monoisotopic (exact) mass is 355 g/mol. The number of carbonyl (C=O) groups excluding carboxylic acids is 2. The van der Waals surface area contributed by atoms with Gasteiger partial charge in [0.15, 0.2) is 0 Å². The Hall–Kier alpha value is -1.83. The molecule has 0 bridgehead atoms. The van der Waals surface area contributed by atoms with Crippen molar-refractivity contribution in [2.75, 3.05) is 39.3 Å². The minimum absolute atomic E-state index is 0.0310. The van der Waals surface area contributed by atoms with Crippen LogP contribution in [0.5, 0.6) is 0 Å². The lowest BCUT2D eigenvalue weighted by Crippen LogP contribution is -2.59. The zero-order valence-corrected chi connectivity index (χ0v) is 15.5. The molecule has 2 amide bonds. The summed E-state index contributed by atoms with van der Waals surface area (Å²) in [7, 11) is 0. The summed E-state index contributed by atoms with van der Waals surface area (Å²) in [5, 5.41) is 9.45. The summed E-state index contributed by atoms with van der Waals surface area (Å²) in [5.74, 6) is -1.43. The molecule has 0 radical (unpaired) electrons. The highest BCUT2D eigenvalue weighted by Gasteiger charge is 2.38. The SMILES string of the molecule is CC(=O)N1CCN([C@H]2C[C@H](C(=O)O)CN(C(=O)OC(C)(C)C)C2)CC1. The van der Waals surface area contributed by atoms with Gasteiger partial charge in [0, 0.05) is 52.2 Å². The fraction of sp³-hybridized carbons (Fsp3) is 0.824. The van der Waals surface area contributed by atoms with Gasteiger partial charge in [0.05, 0.1) is 5.92 Å². The number of nitrogens with zero attached hydrogens (tertiary/aromatic N) is 3. The highest BCUT2D eigenvalue weighted by atomic mass is 16.6. The first-order valence-corrected chi connectivity index (χ1v) is 8.77. The van der Waals surface area contributed by atoms with Crippen LogP contribution in [0.1, 0.15) is 34.1 Å². The molecule has 2 aliphatic rings. The third-order valence-corrected chi connectivity index (χ3v) is 4.71. The Bertz CT molecular complexity index is 523. The van der Waals surface area contributed by atoms with Crippen LogP contribution in [-0.4, -0.2) is 88.7 Å². The third-order valence-electron chi connectivity index (χ3n) is 4.71. The van der Waals surface area contributed by atoms with Crippen LogP contribution in [0.15, 0.2) is 0 Å². The number of likely N-dealkylation sites (tertiary alicyclic amines) is 1. The molecule has 2 rings (SSSR count). The van der Waals surface area contributed by atoms with Crippen LogP contribution in [0.25, 0.3) is 0 Å². The number of rotatable bonds is 2. The molecule has 2 fully saturated rings. The van der Waals surface area contributed by atoms with Crippen molar-refractivity contribution in [3.05, 3.63) is 0 Å². The second-order valence-corrected chi connectivity index (χ2v) is 7.85. The van der Waals surface area contributed by atoms with Gasteiger partial charge in [0.2, 0.25) is 5.91 Å². The Labute approximate surface area is 148 Å². The van der Waals surface area contributed by atoms with E-state index in [4.69, 9.17) is 4.74 Å². The van der Waals surface area contributed by atoms with E-state index < -0.39 is 23.6 Å². The normalized spacial score (nSPS) is 25.6. The smallest absolute Gasteiger partial charge is 0.410 e. The van der Waals surface area contributed by atoms with E-state index in [1.807, 2.05) is 0 Å². The highest BCUT2D eigenvalue weighted by Crippen LogP contribution is 2.24. The van der Waals surface area contributed by atoms with E-state index in [-0.39, 0.29) is 18.5 Å². The van der Waals surface area contributed by atoms with E-state index in [1.165, 1.54) is 4.90 Å². The topological polar surface area (TPSA) is 90.4 Å². The first kappa shape index (κ1) is 19.5. The molecule has 0 unspecified atom stereocenters. The molecule has 2 heterocycles. The average Bonchev–Trinajstić information content (AvgIpc) is 2.52. The van der Waals surface area contributed by atoms with E-state index in [0.717, 1.165) is 0 Å². The fourth-order valence-corrected chi connectivity index (χ4v) is 3.39. The van der Waals surface area contributed by atoms with Gasteiger partial charge in [-0.2, -0.15) is 0 Å². The molecule has 0 aromatic carbocycles. The Kier molecular flexibility index (Phi) is 5.92. The minimum Gasteiger partial charge on any atom is -0.481 e. The number of piperidine rings is 1. The number of aliphatic carboxylic acids is 1. The van der Waals surface area contributed by atoms with E-state index in [9.17, 15) is 19.5 Å². The average molecular weight is 355 g/mol. The number of carboxylic acid groups (broad SMARTS) is 1. The lowest BCUT2D eigenvalue weighted by atomic mass is 9.93. The molecule has 142 valence electrons. The molecule has 8 heteroatoms. The molecule has 0 spiro atoms. The van der Waals surface area contributed by atoms with Crippen LogP contribution < -0.4 is 0 Å². The Morgan fingerprint density at radius 3 is 2.08 bits per heavy atom. The van der Waals surface area contributed by atoms with Crippen molar-refractivity contribution < 1.29 is 24.2 Å². The Morgan fingerprint density at radius 1 is 1.00 bits per heavy atom. The number of carbonyl (C=O) groups is 3. The van der Waals surface area contributed by atoms with E-state index >= 15 is 0 Å². The van der Waals surface area contributed by atoms with E-state index in [1.54, 1.807) is 32.6 Å². The summed E-state index contributed by atoms with van der Waals surface area (Å²) in [4.78, 5) is 40.9. The maximum absolute atomic E-state index is 12.4.